The molecule has 0 amide bonds. The van der Waals surface area contributed by atoms with Crippen LogP contribution in [0.1, 0.15) is 39.0 Å². The molecule has 0 aliphatic heterocycles. The third-order valence-corrected chi connectivity index (χ3v) is 2.59. The first-order valence-corrected chi connectivity index (χ1v) is 4.67. The fraction of sp³-hybridized carbons (Fsp3) is 0.700. The lowest BCUT2D eigenvalue weighted by atomic mass is 9.82. The first-order chi connectivity index (χ1) is 5.74. The van der Waals surface area contributed by atoms with E-state index in [1.54, 1.807) is 0 Å². The normalized spacial score (nSPS) is 27.4. The van der Waals surface area contributed by atoms with E-state index in [0.717, 1.165) is 24.8 Å². The van der Waals surface area contributed by atoms with Gasteiger partial charge in [0.05, 0.1) is 0 Å². The van der Waals surface area contributed by atoms with Crippen molar-refractivity contribution in [2.45, 2.75) is 39.0 Å². The Balaban J connectivity index is 2.64. The molecule has 12 heavy (non-hydrogen) atoms. The zero-order chi connectivity index (χ0) is 8.97. The van der Waals surface area contributed by atoms with Gasteiger partial charge in [0.1, 0.15) is 0 Å². The van der Waals surface area contributed by atoms with Crippen molar-refractivity contribution in [2.75, 3.05) is 0 Å². The molecule has 0 aromatic heterocycles. The summed E-state index contributed by atoms with van der Waals surface area (Å²) in [6.45, 7) is 2.13. The van der Waals surface area contributed by atoms with Crippen LogP contribution >= 0.6 is 0 Å². The number of carboxylic acids is 1. The molecule has 1 rings (SSSR count). The molecule has 1 aliphatic rings. The lowest BCUT2D eigenvalue weighted by molar-refractivity contribution is -0.131. The van der Waals surface area contributed by atoms with Crippen LogP contribution in [-0.4, -0.2) is 11.1 Å². The van der Waals surface area contributed by atoms with Crippen LogP contribution in [0.15, 0.2) is 11.6 Å². The molecule has 0 bridgehead atoms. The predicted octanol–water partition coefficient (Wildman–Crippen LogP) is 2.60. The fourth-order valence-electron chi connectivity index (χ4n) is 1.92. The molecule has 68 valence electrons. The third-order valence-electron chi connectivity index (χ3n) is 2.59. The zero-order valence-electron chi connectivity index (χ0n) is 7.55. The van der Waals surface area contributed by atoms with E-state index in [1.165, 1.54) is 18.9 Å². The van der Waals surface area contributed by atoms with E-state index in [0.29, 0.717) is 5.92 Å². The van der Waals surface area contributed by atoms with E-state index < -0.39 is 5.97 Å². The van der Waals surface area contributed by atoms with E-state index in [4.69, 9.17) is 5.11 Å². The molecule has 0 saturated heterocycles. The van der Waals surface area contributed by atoms with Gasteiger partial charge in [-0.15, -0.1) is 0 Å². The van der Waals surface area contributed by atoms with Gasteiger partial charge in [0.2, 0.25) is 0 Å². The molecule has 1 saturated carbocycles. The second kappa shape index (κ2) is 4.29. The highest BCUT2D eigenvalue weighted by molar-refractivity contribution is 5.80. The van der Waals surface area contributed by atoms with Crippen molar-refractivity contribution in [2.24, 2.45) is 5.92 Å². The zero-order valence-corrected chi connectivity index (χ0v) is 7.55. The van der Waals surface area contributed by atoms with Gasteiger partial charge in [-0.1, -0.05) is 18.9 Å². The van der Waals surface area contributed by atoms with E-state index in [-0.39, 0.29) is 0 Å². The Morgan fingerprint density at radius 1 is 1.67 bits per heavy atom. The first kappa shape index (κ1) is 9.30. The molecular weight excluding hydrogens is 152 g/mol. The maximum atomic E-state index is 10.5. The van der Waals surface area contributed by atoms with Crippen molar-refractivity contribution < 1.29 is 9.90 Å². The van der Waals surface area contributed by atoms with E-state index in [2.05, 4.69) is 6.92 Å². The monoisotopic (exact) mass is 168 g/mol. The maximum absolute atomic E-state index is 10.5. The van der Waals surface area contributed by atoms with E-state index in [1.807, 2.05) is 0 Å². The number of allylic oxidation sites excluding steroid dienone is 1. The molecule has 2 nitrogen and oxygen atoms in total. The van der Waals surface area contributed by atoms with Crippen molar-refractivity contribution >= 4 is 5.97 Å². The van der Waals surface area contributed by atoms with E-state index in [9.17, 15) is 4.79 Å². The topological polar surface area (TPSA) is 37.3 Å². The quantitative estimate of drug-likeness (QED) is 0.643. The second-order valence-electron chi connectivity index (χ2n) is 3.41. The standard InChI is InChI=1S/C10H16O2/c1-2-8-5-3-4-6-9(8)7-10(11)12/h7-8H,2-6H2,1H3,(H,11,12)/b9-7+. The average molecular weight is 168 g/mol. The highest BCUT2D eigenvalue weighted by Crippen LogP contribution is 2.31. The predicted molar refractivity (Wildman–Crippen MR) is 48.0 cm³/mol. The SMILES string of the molecule is CCC1CCCC/C1=C\C(=O)O. The summed E-state index contributed by atoms with van der Waals surface area (Å²) in [6.07, 6.45) is 7.08. The van der Waals surface area contributed by atoms with Crippen molar-refractivity contribution in [1.29, 1.82) is 0 Å². The average Bonchev–Trinajstić information content (AvgIpc) is 2.04. The molecule has 0 spiro atoms. The van der Waals surface area contributed by atoms with Gasteiger partial charge in [-0.25, -0.2) is 4.79 Å². The van der Waals surface area contributed by atoms with Gasteiger partial charge >= 0.3 is 5.97 Å². The van der Waals surface area contributed by atoms with Crippen molar-refractivity contribution in [3.05, 3.63) is 11.6 Å². The van der Waals surface area contributed by atoms with Gasteiger partial charge in [0.25, 0.3) is 0 Å². The minimum atomic E-state index is -0.787. The molecule has 1 fully saturated rings. The van der Waals surface area contributed by atoms with Gasteiger partial charge in [0, 0.05) is 6.08 Å². The first-order valence-electron chi connectivity index (χ1n) is 4.67. The van der Waals surface area contributed by atoms with E-state index >= 15 is 0 Å². The molecule has 1 atom stereocenters. The molecule has 0 aromatic rings. The summed E-state index contributed by atoms with van der Waals surface area (Å²) in [4.78, 5) is 10.5. The van der Waals surface area contributed by atoms with Crippen LogP contribution in [0.2, 0.25) is 0 Å². The van der Waals surface area contributed by atoms with Crippen LogP contribution < -0.4 is 0 Å². The summed E-state index contributed by atoms with van der Waals surface area (Å²) in [5.74, 6) is -0.250. The lowest BCUT2D eigenvalue weighted by Gasteiger charge is -2.23. The Bertz CT molecular complexity index is 194. The molecule has 0 aromatic carbocycles. The molecule has 1 unspecified atom stereocenters. The van der Waals surface area contributed by atoms with Gasteiger partial charge in [-0.05, 0) is 31.6 Å². The molecule has 2 heteroatoms. The minimum Gasteiger partial charge on any atom is -0.478 e. The maximum Gasteiger partial charge on any atom is 0.328 e. The van der Waals surface area contributed by atoms with Crippen LogP contribution in [0.5, 0.6) is 0 Å². The summed E-state index contributed by atoms with van der Waals surface area (Å²) in [6, 6.07) is 0. The molecular formula is C10H16O2. The summed E-state index contributed by atoms with van der Waals surface area (Å²) >= 11 is 0. The fourth-order valence-corrected chi connectivity index (χ4v) is 1.92. The summed E-state index contributed by atoms with van der Waals surface area (Å²) in [7, 11) is 0. The van der Waals surface area contributed by atoms with Gasteiger partial charge in [-0.3, -0.25) is 0 Å². The highest BCUT2D eigenvalue weighted by atomic mass is 16.4. The summed E-state index contributed by atoms with van der Waals surface area (Å²) < 4.78 is 0. The molecule has 1 aliphatic carbocycles. The van der Waals surface area contributed by atoms with Crippen LogP contribution in [-0.2, 0) is 4.79 Å². The molecule has 1 N–H and O–H groups in total. The molecule has 0 heterocycles. The number of carboxylic acid groups (broad SMARTS) is 1. The van der Waals surface area contributed by atoms with Crippen LogP contribution in [0.4, 0.5) is 0 Å². The Morgan fingerprint density at radius 3 is 3.00 bits per heavy atom. The second-order valence-corrected chi connectivity index (χ2v) is 3.41. The number of hydrogen-bond donors (Lipinski definition) is 1. The Kier molecular flexibility index (Phi) is 3.32. The Labute approximate surface area is 73.3 Å². The van der Waals surface area contributed by atoms with Crippen LogP contribution in [0.25, 0.3) is 0 Å². The van der Waals surface area contributed by atoms with Gasteiger partial charge in [0.15, 0.2) is 0 Å². The molecule has 0 radical (unpaired) electrons. The Hall–Kier alpha value is -0.790. The van der Waals surface area contributed by atoms with Crippen LogP contribution in [0, 0.1) is 5.92 Å². The van der Waals surface area contributed by atoms with Crippen molar-refractivity contribution in [1.82, 2.24) is 0 Å². The van der Waals surface area contributed by atoms with Gasteiger partial charge < -0.3 is 5.11 Å². The number of rotatable bonds is 2. The number of carbonyl (C=O) groups is 1. The largest absolute Gasteiger partial charge is 0.478 e. The lowest BCUT2D eigenvalue weighted by Crippen LogP contribution is -2.10. The minimum absolute atomic E-state index is 0.537. The van der Waals surface area contributed by atoms with Crippen molar-refractivity contribution in [3.8, 4) is 0 Å². The summed E-state index contributed by atoms with van der Waals surface area (Å²) in [5, 5.41) is 8.60. The smallest absolute Gasteiger partial charge is 0.328 e. The summed E-state index contributed by atoms with van der Waals surface area (Å²) in [5.41, 5.74) is 1.15. The highest BCUT2D eigenvalue weighted by Gasteiger charge is 2.17. The number of hydrogen-bond acceptors (Lipinski definition) is 1. The van der Waals surface area contributed by atoms with Crippen LogP contribution in [0.3, 0.4) is 0 Å². The Morgan fingerprint density at radius 2 is 2.42 bits per heavy atom. The third kappa shape index (κ3) is 2.36. The number of aliphatic carboxylic acids is 1. The van der Waals surface area contributed by atoms with Gasteiger partial charge in [-0.2, -0.15) is 0 Å². The van der Waals surface area contributed by atoms with Crippen molar-refractivity contribution in [3.63, 3.8) is 0 Å².